The van der Waals surface area contributed by atoms with Crippen LogP contribution in [0.5, 0.6) is 5.75 Å². The van der Waals surface area contributed by atoms with Gasteiger partial charge in [0.2, 0.25) is 0 Å². The summed E-state index contributed by atoms with van der Waals surface area (Å²) in [6.07, 6.45) is 0. The van der Waals surface area contributed by atoms with Gasteiger partial charge >= 0.3 is 0 Å². The fourth-order valence-electron chi connectivity index (χ4n) is 2.63. The molecule has 4 heteroatoms. The zero-order valence-electron chi connectivity index (χ0n) is 12.9. The molecule has 1 aliphatic rings. The van der Waals surface area contributed by atoms with Crippen molar-refractivity contribution < 1.29 is 4.74 Å². The lowest BCUT2D eigenvalue weighted by molar-refractivity contribution is 0.0337. The van der Waals surface area contributed by atoms with Crippen LogP contribution in [0.25, 0.3) is 0 Å². The van der Waals surface area contributed by atoms with Crippen LogP contribution in [0.1, 0.15) is 19.4 Å². The van der Waals surface area contributed by atoms with Crippen LogP contribution in [0, 0.1) is 0 Å². The molecule has 0 saturated carbocycles. The molecule has 1 aromatic rings. The van der Waals surface area contributed by atoms with Gasteiger partial charge in [-0.1, -0.05) is 18.2 Å². The molecule has 0 spiro atoms. The summed E-state index contributed by atoms with van der Waals surface area (Å²) < 4.78 is 5.89. The van der Waals surface area contributed by atoms with Gasteiger partial charge in [0.05, 0.1) is 0 Å². The Hall–Kier alpha value is -1.10. The van der Waals surface area contributed by atoms with E-state index in [-0.39, 0.29) is 5.54 Å². The third-order valence-corrected chi connectivity index (χ3v) is 4.25. The number of benzene rings is 1. The van der Waals surface area contributed by atoms with Crippen molar-refractivity contribution in [1.29, 1.82) is 0 Å². The maximum Gasteiger partial charge on any atom is 0.123 e. The molecule has 0 aromatic heterocycles. The third-order valence-electron chi connectivity index (χ3n) is 4.25. The molecular formula is C16H27N3O. The smallest absolute Gasteiger partial charge is 0.123 e. The summed E-state index contributed by atoms with van der Waals surface area (Å²) in [5.74, 6) is 0.920. The first kappa shape index (κ1) is 15.3. The van der Waals surface area contributed by atoms with Crippen LogP contribution in [0.2, 0.25) is 0 Å². The van der Waals surface area contributed by atoms with Gasteiger partial charge < -0.3 is 10.5 Å². The van der Waals surface area contributed by atoms with Gasteiger partial charge in [0.25, 0.3) is 0 Å². The highest BCUT2D eigenvalue weighted by molar-refractivity contribution is 5.32. The summed E-state index contributed by atoms with van der Waals surface area (Å²) in [5, 5.41) is 0. The van der Waals surface area contributed by atoms with Crippen molar-refractivity contribution in [3.8, 4) is 5.75 Å². The number of ether oxygens (including phenoxy) is 1. The van der Waals surface area contributed by atoms with Gasteiger partial charge in [0.1, 0.15) is 12.4 Å². The lowest BCUT2D eigenvalue weighted by Crippen LogP contribution is -2.58. The monoisotopic (exact) mass is 277 g/mol. The number of rotatable bonds is 5. The average Bonchev–Trinajstić information content (AvgIpc) is 2.43. The van der Waals surface area contributed by atoms with E-state index >= 15 is 0 Å². The van der Waals surface area contributed by atoms with Gasteiger partial charge in [-0.05, 0) is 27.0 Å². The van der Waals surface area contributed by atoms with Crippen LogP contribution in [0.3, 0.4) is 0 Å². The highest BCUT2D eigenvalue weighted by Gasteiger charge is 2.30. The number of nitrogens with two attached hydrogens (primary N) is 1. The molecule has 20 heavy (non-hydrogen) atoms. The predicted octanol–water partition coefficient (Wildman–Crippen LogP) is 1.55. The standard InChI is InChI=1S/C16H27N3O/c1-16(2)13-19(9-8-18(16)3)10-11-20-15-7-5-4-6-14(15)12-17/h4-7H,8-13,17H2,1-3H3. The maximum absolute atomic E-state index is 5.89. The highest BCUT2D eigenvalue weighted by atomic mass is 16.5. The van der Waals surface area contributed by atoms with Crippen molar-refractivity contribution >= 4 is 0 Å². The largest absolute Gasteiger partial charge is 0.492 e. The average molecular weight is 277 g/mol. The minimum Gasteiger partial charge on any atom is -0.492 e. The van der Waals surface area contributed by atoms with Gasteiger partial charge in [0, 0.05) is 43.8 Å². The van der Waals surface area contributed by atoms with Crippen LogP contribution >= 0.6 is 0 Å². The van der Waals surface area contributed by atoms with Crippen molar-refractivity contribution in [2.24, 2.45) is 5.73 Å². The molecule has 0 bridgehead atoms. The Labute approximate surface area is 122 Å². The maximum atomic E-state index is 5.89. The summed E-state index contributed by atoms with van der Waals surface area (Å²) in [6, 6.07) is 8.01. The van der Waals surface area contributed by atoms with E-state index < -0.39 is 0 Å². The molecule has 1 fully saturated rings. The van der Waals surface area contributed by atoms with Gasteiger partial charge in [0.15, 0.2) is 0 Å². The molecule has 2 rings (SSSR count). The molecule has 1 saturated heterocycles. The number of hydrogen-bond donors (Lipinski definition) is 1. The molecular weight excluding hydrogens is 250 g/mol. The molecule has 0 amide bonds. The second kappa shape index (κ2) is 6.57. The van der Waals surface area contributed by atoms with Crippen molar-refractivity contribution in [1.82, 2.24) is 9.80 Å². The molecule has 112 valence electrons. The molecule has 1 aliphatic heterocycles. The lowest BCUT2D eigenvalue weighted by atomic mass is 10.00. The number of para-hydroxylation sites is 1. The summed E-state index contributed by atoms with van der Waals surface area (Å²) in [6.45, 7) is 10.1. The Morgan fingerprint density at radius 2 is 2.00 bits per heavy atom. The number of hydrogen-bond acceptors (Lipinski definition) is 4. The zero-order chi connectivity index (χ0) is 14.6. The molecule has 0 radical (unpaired) electrons. The quantitative estimate of drug-likeness (QED) is 0.886. The number of piperazine rings is 1. The first-order chi connectivity index (χ1) is 9.53. The summed E-state index contributed by atoms with van der Waals surface area (Å²) >= 11 is 0. The first-order valence-corrected chi connectivity index (χ1v) is 7.37. The van der Waals surface area contributed by atoms with Crippen molar-refractivity contribution in [2.75, 3.05) is 39.8 Å². The highest BCUT2D eigenvalue weighted by Crippen LogP contribution is 2.19. The number of likely N-dealkylation sites (N-methyl/N-ethyl adjacent to an activating group) is 1. The Bertz CT molecular complexity index is 433. The van der Waals surface area contributed by atoms with E-state index in [1.807, 2.05) is 24.3 Å². The van der Waals surface area contributed by atoms with Crippen molar-refractivity contribution in [3.63, 3.8) is 0 Å². The van der Waals surface area contributed by atoms with Gasteiger partial charge in [-0.15, -0.1) is 0 Å². The van der Waals surface area contributed by atoms with E-state index in [1.165, 1.54) is 0 Å². The summed E-state index contributed by atoms with van der Waals surface area (Å²) in [7, 11) is 2.20. The van der Waals surface area contributed by atoms with Gasteiger partial charge in [-0.3, -0.25) is 9.80 Å². The Morgan fingerprint density at radius 3 is 2.70 bits per heavy atom. The van der Waals surface area contributed by atoms with E-state index in [1.54, 1.807) is 0 Å². The molecule has 1 aromatic carbocycles. The number of nitrogens with zero attached hydrogens (tertiary/aromatic N) is 2. The van der Waals surface area contributed by atoms with Crippen LogP contribution in [-0.4, -0.2) is 55.2 Å². The third kappa shape index (κ3) is 3.72. The van der Waals surface area contributed by atoms with Crippen molar-refractivity contribution in [3.05, 3.63) is 29.8 Å². The van der Waals surface area contributed by atoms with E-state index in [9.17, 15) is 0 Å². The first-order valence-electron chi connectivity index (χ1n) is 7.37. The Balaban J connectivity index is 1.81. The molecule has 1 heterocycles. The molecule has 0 atom stereocenters. The summed E-state index contributed by atoms with van der Waals surface area (Å²) in [4.78, 5) is 4.90. The fraction of sp³-hybridized carbons (Fsp3) is 0.625. The topological polar surface area (TPSA) is 41.7 Å². The van der Waals surface area contributed by atoms with Crippen LogP contribution in [0.4, 0.5) is 0 Å². The second-order valence-corrected chi connectivity index (χ2v) is 6.17. The van der Waals surface area contributed by atoms with E-state index in [2.05, 4.69) is 30.7 Å². The van der Waals surface area contributed by atoms with Crippen LogP contribution in [0.15, 0.2) is 24.3 Å². The second-order valence-electron chi connectivity index (χ2n) is 6.17. The molecule has 2 N–H and O–H groups in total. The predicted molar refractivity (Wildman–Crippen MR) is 83.0 cm³/mol. The SMILES string of the molecule is CN1CCN(CCOc2ccccc2CN)CC1(C)C. The Kier molecular flexibility index (Phi) is 5.02. The van der Waals surface area contributed by atoms with Crippen LogP contribution in [-0.2, 0) is 6.54 Å². The van der Waals surface area contributed by atoms with E-state index in [0.29, 0.717) is 6.54 Å². The molecule has 0 aliphatic carbocycles. The zero-order valence-corrected chi connectivity index (χ0v) is 12.9. The Morgan fingerprint density at radius 1 is 1.25 bits per heavy atom. The van der Waals surface area contributed by atoms with Gasteiger partial charge in [-0.2, -0.15) is 0 Å². The summed E-state index contributed by atoms with van der Waals surface area (Å²) in [5.41, 5.74) is 7.04. The normalized spacial score (nSPS) is 20.0. The minimum atomic E-state index is 0.243. The van der Waals surface area contributed by atoms with Gasteiger partial charge in [-0.25, -0.2) is 0 Å². The minimum absolute atomic E-state index is 0.243. The van der Waals surface area contributed by atoms with Crippen molar-refractivity contribution in [2.45, 2.75) is 25.9 Å². The molecule has 4 nitrogen and oxygen atoms in total. The van der Waals surface area contributed by atoms with E-state index in [4.69, 9.17) is 10.5 Å². The molecule has 0 unspecified atom stereocenters. The van der Waals surface area contributed by atoms with E-state index in [0.717, 1.165) is 44.1 Å². The fourth-order valence-corrected chi connectivity index (χ4v) is 2.63. The lowest BCUT2D eigenvalue weighted by Gasteiger charge is -2.45. The van der Waals surface area contributed by atoms with Crippen LogP contribution < -0.4 is 10.5 Å².